The van der Waals surface area contributed by atoms with E-state index in [0.29, 0.717) is 31.1 Å². The Morgan fingerprint density at radius 1 is 0.750 bits per heavy atom. The topological polar surface area (TPSA) is 43.4 Å². The van der Waals surface area contributed by atoms with Crippen molar-refractivity contribution in [3.8, 4) is 0 Å². The Kier molecular flexibility index (Phi) is 16.4. The highest BCUT2D eigenvalue weighted by Gasteiger charge is 2.07. The van der Waals surface area contributed by atoms with Crippen LogP contribution in [0.2, 0.25) is 0 Å². The molecule has 0 bridgehead atoms. The Balaban J connectivity index is 3.42. The molecule has 0 rings (SSSR count). The van der Waals surface area contributed by atoms with Gasteiger partial charge in [0, 0.05) is 19.3 Å². The smallest absolute Gasteiger partial charge is 0.305 e. The monoisotopic (exact) mass is 340 g/mol. The number of rotatable bonds is 17. The molecule has 0 N–H and O–H groups in total. The predicted octanol–water partition coefficient (Wildman–Crippen LogP) is 6.24. The van der Waals surface area contributed by atoms with Gasteiger partial charge in [-0.05, 0) is 32.1 Å². The second-order valence-corrected chi connectivity index (χ2v) is 7.10. The van der Waals surface area contributed by atoms with Crippen molar-refractivity contribution in [2.45, 2.75) is 111 Å². The van der Waals surface area contributed by atoms with E-state index in [1.54, 1.807) is 0 Å². The maximum Gasteiger partial charge on any atom is 0.305 e. The maximum atomic E-state index is 11.9. The van der Waals surface area contributed by atoms with Gasteiger partial charge in [-0.25, -0.2) is 0 Å². The van der Waals surface area contributed by atoms with Crippen LogP contribution in [0.4, 0.5) is 0 Å². The third-order valence-corrected chi connectivity index (χ3v) is 4.61. The molecule has 0 aromatic rings. The highest BCUT2D eigenvalue weighted by molar-refractivity contribution is 5.78. The Morgan fingerprint density at radius 3 is 2.08 bits per heavy atom. The van der Waals surface area contributed by atoms with Crippen LogP contribution in [0, 0.1) is 5.92 Å². The van der Waals surface area contributed by atoms with Gasteiger partial charge in [0.2, 0.25) is 0 Å². The Labute approximate surface area is 149 Å². The number of esters is 1. The van der Waals surface area contributed by atoms with E-state index in [1.165, 1.54) is 44.9 Å². The van der Waals surface area contributed by atoms with Crippen molar-refractivity contribution in [1.29, 1.82) is 0 Å². The van der Waals surface area contributed by atoms with Crippen molar-refractivity contribution >= 4 is 11.8 Å². The summed E-state index contributed by atoms with van der Waals surface area (Å²) in [4.78, 5) is 23.1. The summed E-state index contributed by atoms with van der Waals surface area (Å²) in [7, 11) is 0. The predicted molar refractivity (Wildman–Crippen MR) is 101 cm³/mol. The van der Waals surface area contributed by atoms with Gasteiger partial charge in [0.15, 0.2) is 0 Å². The first kappa shape index (κ1) is 23.1. The fourth-order valence-corrected chi connectivity index (χ4v) is 2.95. The molecule has 0 aromatic heterocycles. The molecule has 0 saturated carbocycles. The summed E-state index contributed by atoms with van der Waals surface area (Å²) in [5.74, 6) is 0.942. The van der Waals surface area contributed by atoms with E-state index in [4.69, 9.17) is 4.74 Å². The Hall–Kier alpha value is -0.860. The number of hydrogen-bond donors (Lipinski definition) is 0. The zero-order valence-corrected chi connectivity index (χ0v) is 16.4. The van der Waals surface area contributed by atoms with E-state index in [-0.39, 0.29) is 5.97 Å². The quantitative estimate of drug-likeness (QED) is 0.233. The van der Waals surface area contributed by atoms with Crippen LogP contribution in [-0.4, -0.2) is 18.4 Å². The van der Waals surface area contributed by atoms with E-state index in [0.717, 1.165) is 32.1 Å². The summed E-state index contributed by atoms with van der Waals surface area (Å²) in [6.07, 6.45) is 14.9. The molecule has 0 spiro atoms. The second kappa shape index (κ2) is 17.0. The van der Waals surface area contributed by atoms with Gasteiger partial charge in [-0.1, -0.05) is 65.2 Å². The molecule has 0 aliphatic rings. The SMILES string of the molecule is CCCCCCCC[C@@H](C)CCC(=O)CCCCCC(=O)OCC. The van der Waals surface area contributed by atoms with E-state index < -0.39 is 0 Å². The van der Waals surface area contributed by atoms with Gasteiger partial charge in [-0.3, -0.25) is 9.59 Å². The average Bonchev–Trinajstić information content (AvgIpc) is 2.56. The van der Waals surface area contributed by atoms with Crippen molar-refractivity contribution in [3.05, 3.63) is 0 Å². The van der Waals surface area contributed by atoms with E-state index in [9.17, 15) is 9.59 Å². The molecule has 0 aliphatic carbocycles. The van der Waals surface area contributed by atoms with Crippen LogP contribution in [0.15, 0.2) is 0 Å². The molecule has 3 heteroatoms. The van der Waals surface area contributed by atoms with Crippen LogP contribution in [0.5, 0.6) is 0 Å². The largest absolute Gasteiger partial charge is 0.466 e. The lowest BCUT2D eigenvalue weighted by Crippen LogP contribution is -2.04. The molecule has 0 aliphatic heterocycles. The number of hydrogen-bond acceptors (Lipinski definition) is 3. The summed E-state index contributed by atoms with van der Waals surface area (Å²) in [5, 5.41) is 0. The Bertz CT molecular complexity index is 312. The Morgan fingerprint density at radius 2 is 1.38 bits per heavy atom. The molecule has 142 valence electrons. The molecule has 3 nitrogen and oxygen atoms in total. The molecular formula is C21H40O3. The van der Waals surface area contributed by atoms with E-state index in [1.807, 2.05) is 6.92 Å². The van der Waals surface area contributed by atoms with Crippen molar-refractivity contribution in [3.63, 3.8) is 0 Å². The molecule has 0 saturated heterocycles. The van der Waals surface area contributed by atoms with E-state index >= 15 is 0 Å². The minimum absolute atomic E-state index is 0.118. The number of carbonyl (C=O) groups excluding carboxylic acids is 2. The van der Waals surface area contributed by atoms with Gasteiger partial charge in [0.1, 0.15) is 5.78 Å². The normalized spacial score (nSPS) is 12.1. The number of carbonyl (C=O) groups is 2. The van der Waals surface area contributed by atoms with E-state index in [2.05, 4.69) is 13.8 Å². The van der Waals surface area contributed by atoms with Crippen LogP contribution in [-0.2, 0) is 14.3 Å². The van der Waals surface area contributed by atoms with Gasteiger partial charge in [0.25, 0.3) is 0 Å². The fourth-order valence-electron chi connectivity index (χ4n) is 2.95. The summed E-state index contributed by atoms with van der Waals surface area (Å²) in [6, 6.07) is 0. The van der Waals surface area contributed by atoms with Crippen LogP contribution >= 0.6 is 0 Å². The van der Waals surface area contributed by atoms with Gasteiger partial charge < -0.3 is 4.74 Å². The fraction of sp³-hybridized carbons (Fsp3) is 0.905. The lowest BCUT2D eigenvalue weighted by molar-refractivity contribution is -0.143. The highest BCUT2D eigenvalue weighted by atomic mass is 16.5. The highest BCUT2D eigenvalue weighted by Crippen LogP contribution is 2.17. The molecule has 0 radical (unpaired) electrons. The van der Waals surface area contributed by atoms with Gasteiger partial charge in [0.05, 0.1) is 6.61 Å². The first-order valence-electron chi connectivity index (χ1n) is 10.3. The van der Waals surface area contributed by atoms with Crippen molar-refractivity contribution < 1.29 is 14.3 Å². The lowest BCUT2D eigenvalue weighted by Gasteiger charge is -2.10. The molecular weight excluding hydrogens is 300 g/mol. The summed E-state index contributed by atoms with van der Waals surface area (Å²) in [5.41, 5.74) is 0. The molecule has 24 heavy (non-hydrogen) atoms. The zero-order chi connectivity index (χ0) is 18.0. The first-order valence-corrected chi connectivity index (χ1v) is 10.3. The zero-order valence-electron chi connectivity index (χ0n) is 16.4. The van der Waals surface area contributed by atoms with Crippen molar-refractivity contribution in [2.75, 3.05) is 6.61 Å². The third-order valence-electron chi connectivity index (χ3n) is 4.61. The number of Topliss-reactive ketones (excluding diaryl/α,β-unsaturated/α-hetero) is 1. The summed E-state index contributed by atoms with van der Waals surface area (Å²) in [6.45, 7) is 6.80. The number of ketones is 1. The molecule has 1 atom stereocenters. The van der Waals surface area contributed by atoms with Crippen LogP contribution < -0.4 is 0 Å². The lowest BCUT2D eigenvalue weighted by atomic mass is 9.95. The average molecular weight is 341 g/mol. The van der Waals surface area contributed by atoms with Gasteiger partial charge >= 0.3 is 5.97 Å². The minimum atomic E-state index is -0.118. The van der Waals surface area contributed by atoms with Crippen LogP contribution in [0.3, 0.4) is 0 Å². The molecule has 0 amide bonds. The number of unbranched alkanes of at least 4 members (excludes halogenated alkanes) is 7. The maximum absolute atomic E-state index is 11.9. The third kappa shape index (κ3) is 16.0. The standard InChI is InChI=1S/C21H40O3/c1-4-6-7-8-9-11-14-19(3)17-18-20(22)15-12-10-13-16-21(23)24-5-2/h19H,4-18H2,1-3H3/t19-/m1/s1. The van der Waals surface area contributed by atoms with Crippen LogP contribution in [0.1, 0.15) is 111 Å². The number of ether oxygens (including phenoxy) is 1. The second-order valence-electron chi connectivity index (χ2n) is 7.10. The summed E-state index contributed by atoms with van der Waals surface area (Å²) < 4.78 is 4.89. The van der Waals surface area contributed by atoms with Gasteiger partial charge in [-0.2, -0.15) is 0 Å². The van der Waals surface area contributed by atoms with Crippen molar-refractivity contribution in [2.24, 2.45) is 5.92 Å². The molecule has 0 fully saturated rings. The van der Waals surface area contributed by atoms with Crippen LogP contribution in [0.25, 0.3) is 0 Å². The molecule has 0 unspecified atom stereocenters. The summed E-state index contributed by atoms with van der Waals surface area (Å²) >= 11 is 0. The molecule has 0 heterocycles. The van der Waals surface area contributed by atoms with Crippen molar-refractivity contribution in [1.82, 2.24) is 0 Å². The molecule has 0 aromatic carbocycles. The first-order chi connectivity index (χ1) is 11.6. The minimum Gasteiger partial charge on any atom is -0.466 e. The van der Waals surface area contributed by atoms with Gasteiger partial charge in [-0.15, -0.1) is 0 Å².